The van der Waals surface area contributed by atoms with Crippen LogP contribution in [-0.4, -0.2) is 11.1 Å². The van der Waals surface area contributed by atoms with Gasteiger partial charge in [0.1, 0.15) is 5.01 Å². The molecule has 1 heterocycles. The van der Waals surface area contributed by atoms with Crippen LogP contribution in [-0.2, 0) is 17.9 Å². The van der Waals surface area contributed by atoms with Gasteiger partial charge in [0.05, 0.1) is 18.4 Å². The summed E-state index contributed by atoms with van der Waals surface area (Å²) >= 11 is 1.60. The van der Waals surface area contributed by atoms with Gasteiger partial charge >= 0.3 is 0 Å². The molecule has 0 aromatic carbocycles. The summed E-state index contributed by atoms with van der Waals surface area (Å²) in [5.41, 5.74) is 6.47. The average Bonchev–Trinajstić information content (AvgIpc) is 2.63. The Labute approximate surface area is 89.3 Å². The molecule has 4 heteroatoms. The van der Waals surface area contributed by atoms with E-state index in [1.807, 2.05) is 5.38 Å². The fraction of sp³-hybridized carbons (Fsp3) is 0.700. The van der Waals surface area contributed by atoms with Crippen LogP contribution < -0.4 is 5.73 Å². The molecule has 0 spiro atoms. The highest BCUT2D eigenvalue weighted by Crippen LogP contribution is 2.11. The normalized spacial score (nSPS) is 13.1. The van der Waals surface area contributed by atoms with Crippen molar-refractivity contribution < 1.29 is 4.74 Å². The van der Waals surface area contributed by atoms with E-state index in [9.17, 15) is 0 Å². The minimum Gasteiger partial charge on any atom is -0.372 e. The molecule has 2 N–H and O–H groups in total. The smallest absolute Gasteiger partial charge is 0.107 e. The van der Waals surface area contributed by atoms with Crippen molar-refractivity contribution in [3.63, 3.8) is 0 Å². The second-order valence-corrected chi connectivity index (χ2v) is 4.29. The van der Waals surface area contributed by atoms with E-state index in [1.54, 1.807) is 11.3 Å². The second-order valence-electron chi connectivity index (χ2n) is 3.35. The summed E-state index contributed by atoms with van der Waals surface area (Å²) in [4.78, 5) is 4.33. The Morgan fingerprint density at radius 3 is 3.00 bits per heavy atom. The van der Waals surface area contributed by atoms with Crippen molar-refractivity contribution in [2.24, 2.45) is 5.73 Å². The largest absolute Gasteiger partial charge is 0.372 e. The maximum Gasteiger partial charge on any atom is 0.107 e. The third kappa shape index (κ3) is 3.74. The van der Waals surface area contributed by atoms with Crippen LogP contribution in [0.2, 0.25) is 0 Å². The van der Waals surface area contributed by atoms with Gasteiger partial charge in [0, 0.05) is 11.9 Å². The molecule has 0 fully saturated rings. The molecule has 1 rings (SSSR count). The molecule has 0 aliphatic heterocycles. The second kappa shape index (κ2) is 6.11. The topological polar surface area (TPSA) is 48.1 Å². The van der Waals surface area contributed by atoms with E-state index in [1.165, 1.54) is 0 Å². The molecule has 0 saturated carbocycles. The lowest BCUT2D eigenvalue weighted by molar-refractivity contribution is 0.0455. The summed E-state index contributed by atoms with van der Waals surface area (Å²) in [6.45, 7) is 5.39. The van der Waals surface area contributed by atoms with E-state index in [4.69, 9.17) is 10.5 Å². The van der Waals surface area contributed by atoms with Crippen molar-refractivity contribution in [2.75, 3.05) is 0 Å². The van der Waals surface area contributed by atoms with Crippen LogP contribution >= 0.6 is 11.3 Å². The van der Waals surface area contributed by atoms with Crippen molar-refractivity contribution in [1.82, 2.24) is 4.98 Å². The lowest BCUT2D eigenvalue weighted by Crippen LogP contribution is -2.07. The number of nitrogens with zero attached hydrogens (tertiary/aromatic N) is 1. The number of ether oxygens (including phenoxy) is 1. The quantitative estimate of drug-likeness (QED) is 0.790. The van der Waals surface area contributed by atoms with Gasteiger partial charge in [-0.2, -0.15) is 0 Å². The molecule has 0 amide bonds. The maximum atomic E-state index is 5.63. The molecule has 3 nitrogen and oxygen atoms in total. The highest BCUT2D eigenvalue weighted by molar-refractivity contribution is 7.09. The van der Waals surface area contributed by atoms with Gasteiger partial charge in [-0.1, -0.05) is 13.3 Å². The minimum atomic E-state index is 0.322. The zero-order chi connectivity index (χ0) is 10.4. The number of rotatable bonds is 6. The Kier molecular flexibility index (Phi) is 5.07. The summed E-state index contributed by atoms with van der Waals surface area (Å²) in [5, 5.41) is 2.99. The zero-order valence-electron chi connectivity index (χ0n) is 8.82. The standard InChI is InChI=1S/C10H18N2OS/c1-3-4-8(2)13-6-9-7-14-10(5-11)12-9/h7-8H,3-6,11H2,1-2H3. The van der Waals surface area contributed by atoms with Crippen LogP contribution in [0.4, 0.5) is 0 Å². The van der Waals surface area contributed by atoms with Crippen LogP contribution in [0.5, 0.6) is 0 Å². The highest BCUT2D eigenvalue weighted by Gasteiger charge is 2.04. The lowest BCUT2D eigenvalue weighted by Gasteiger charge is -2.09. The molecule has 1 atom stereocenters. The summed E-state index contributed by atoms with van der Waals surface area (Å²) in [6, 6.07) is 0. The van der Waals surface area contributed by atoms with Crippen molar-refractivity contribution in [3.05, 3.63) is 16.1 Å². The minimum absolute atomic E-state index is 0.322. The zero-order valence-corrected chi connectivity index (χ0v) is 9.64. The molecule has 1 aromatic rings. The predicted octanol–water partition coefficient (Wildman–Crippen LogP) is 2.31. The van der Waals surface area contributed by atoms with Crippen LogP contribution in [0.1, 0.15) is 37.4 Å². The first kappa shape index (κ1) is 11.6. The molecule has 0 aliphatic rings. The maximum absolute atomic E-state index is 5.63. The van der Waals surface area contributed by atoms with Gasteiger partial charge in [0.15, 0.2) is 0 Å². The van der Waals surface area contributed by atoms with E-state index < -0.39 is 0 Å². The Morgan fingerprint density at radius 1 is 1.64 bits per heavy atom. The molecule has 80 valence electrons. The van der Waals surface area contributed by atoms with E-state index in [0.29, 0.717) is 19.3 Å². The van der Waals surface area contributed by atoms with E-state index >= 15 is 0 Å². The third-order valence-electron chi connectivity index (χ3n) is 1.98. The van der Waals surface area contributed by atoms with E-state index in [0.717, 1.165) is 23.5 Å². The summed E-state index contributed by atoms with van der Waals surface area (Å²) in [7, 11) is 0. The van der Waals surface area contributed by atoms with Gasteiger partial charge < -0.3 is 10.5 Å². The Morgan fingerprint density at radius 2 is 2.43 bits per heavy atom. The summed E-state index contributed by atoms with van der Waals surface area (Å²) in [6.07, 6.45) is 2.59. The van der Waals surface area contributed by atoms with Gasteiger partial charge in [0.25, 0.3) is 0 Å². The number of aromatic nitrogens is 1. The first-order valence-corrected chi connectivity index (χ1v) is 5.89. The predicted molar refractivity (Wildman–Crippen MR) is 59.2 cm³/mol. The Bertz CT molecular complexity index is 262. The first-order chi connectivity index (χ1) is 6.76. The molecule has 1 aromatic heterocycles. The molecule has 0 radical (unpaired) electrons. The third-order valence-corrected chi connectivity index (χ3v) is 2.90. The summed E-state index contributed by atoms with van der Waals surface area (Å²) in [5.74, 6) is 0. The van der Waals surface area contributed by atoms with Crippen LogP contribution in [0.25, 0.3) is 0 Å². The van der Waals surface area contributed by atoms with Crippen molar-refractivity contribution in [3.8, 4) is 0 Å². The Balaban J connectivity index is 2.30. The van der Waals surface area contributed by atoms with Gasteiger partial charge in [-0.25, -0.2) is 4.98 Å². The SMILES string of the molecule is CCCC(C)OCc1csc(CN)n1. The van der Waals surface area contributed by atoms with Crippen molar-refractivity contribution in [1.29, 1.82) is 0 Å². The van der Waals surface area contributed by atoms with Gasteiger partial charge in [-0.3, -0.25) is 0 Å². The van der Waals surface area contributed by atoms with E-state index in [2.05, 4.69) is 18.8 Å². The number of hydrogen-bond acceptors (Lipinski definition) is 4. The molecule has 0 saturated heterocycles. The number of nitrogens with two attached hydrogens (primary N) is 1. The van der Waals surface area contributed by atoms with Crippen LogP contribution in [0.15, 0.2) is 5.38 Å². The number of thiazole rings is 1. The molecular weight excluding hydrogens is 196 g/mol. The Hall–Kier alpha value is -0.450. The highest BCUT2D eigenvalue weighted by atomic mass is 32.1. The number of hydrogen-bond donors (Lipinski definition) is 1. The van der Waals surface area contributed by atoms with Gasteiger partial charge in [-0.05, 0) is 13.3 Å². The van der Waals surface area contributed by atoms with Crippen LogP contribution in [0.3, 0.4) is 0 Å². The molecule has 1 unspecified atom stereocenters. The average molecular weight is 214 g/mol. The molecule has 14 heavy (non-hydrogen) atoms. The first-order valence-electron chi connectivity index (χ1n) is 5.01. The van der Waals surface area contributed by atoms with Gasteiger partial charge in [0.2, 0.25) is 0 Å². The van der Waals surface area contributed by atoms with Crippen molar-refractivity contribution in [2.45, 2.75) is 45.9 Å². The molecule has 0 bridgehead atoms. The molecule has 0 aliphatic carbocycles. The van der Waals surface area contributed by atoms with Gasteiger partial charge in [-0.15, -0.1) is 11.3 Å². The van der Waals surface area contributed by atoms with E-state index in [-0.39, 0.29) is 0 Å². The molecular formula is C10H18N2OS. The monoisotopic (exact) mass is 214 g/mol. The van der Waals surface area contributed by atoms with Crippen LogP contribution in [0, 0.1) is 0 Å². The lowest BCUT2D eigenvalue weighted by atomic mass is 10.2. The fourth-order valence-electron chi connectivity index (χ4n) is 1.23. The fourth-order valence-corrected chi connectivity index (χ4v) is 1.89. The van der Waals surface area contributed by atoms with Crippen molar-refractivity contribution >= 4 is 11.3 Å². The summed E-state index contributed by atoms with van der Waals surface area (Å²) < 4.78 is 5.63.